The standard InChI is InChI=1S/C10H16O5/c1-9(2)13-6-7(14-9)10(4-5(10)11)15-8(6)12-3/h5-8,11H,4H2,1-3H3/t5-,6-,7?,8?,10-/m0/s1. The Bertz CT molecular complexity index is 292. The monoisotopic (exact) mass is 216 g/mol. The van der Waals surface area contributed by atoms with Crippen LogP contribution < -0.4 is 0 Å². The zero-order valence-electron chi connectivity index (χ0n) is 9.10. The lowest BCUT2D eigenvalue weighted by atomic mass is 10.1. The van der Waals surface area contributed by atoms with Crippen LogP contribution in [0.2, 0.25) is 0 Å². The van der Waals surface area contributed by atoms with Crippen LogP contribution in [0, 0.1) is 0 Å². The predicted molar refractivity (Wildman–Crippen MR) is 49.1 cm³/mol. The summed E-state index contributed by atoms with van der Waals surface area (Å²) in [5, 5.41) is 9.63. The smallest absolute Gasteiger partial charge is 0.187 e. The zero-order valence-corrected chi connectivity index (χ0v) is 9.10. The van der Waals surface area contributed by atoms with Crippen molar-refractivity contribution in [3.05, 3.63) is 0 Å². The van der Waals surface area contributed by atoms with Crippen molar-refractivity contribution in [3.8, 4) is 0 Å². The van der Waals surface area contributed by atoms with Crippen molar-refractivity contribution in [1.29, 1.82) is 0 Å². The summed E-state index contributed by atoms with van der Waals surface area (Å²) in [4.78, 5) is 0. The Hall–Kier alpha value is -0.200. The zero-order chi connectivity index (χ0) is 10.8. The molecular weight excluding hydrogens is 200 g/mol. The van der Waals surface area contributed by atoms with Gasteiger partial charge in [-0.25, -0.2) is 0 Å². The van der Waals surface area contributed by atoms with E-state index in [1.807, 2.05) is 13.8 Å². The van der Waals surface area contributed by atoms with Gasteiger partial charge in [0.25, 0.3) is 0 Å². The van der Waals surface area contributed by atoms with Crippen LogP contribution >= 0.6 is 0 Å². The minimum absolute atomic E-state index is 0.215. The van der Waals surface area contributed by atoms with Crippen LogP contribution in [0.1, 0.15) is 20.3 Å². The minimum Gasteiger partial charge on any atom is -0.390 e. The van der Waals surface area contributed by atoms with Gasteiger partial charge in [-0.05, 0) is 13.8 Å². The van der Waals surface area contributed by atoms with Crippen LogP contribution in [-0.2, 0) is 18.9 Å². The summed E-state index contributed by atoms with van der Waals surface area (Å²) in [5.41, 5.74) is -0.584. The van der Waals surface area contributed by atoms with Gasteiger partial charge in [-0.1, -0.05) is 0 Å². The molecule has 0 bridgehead atoms. The Morgan fingerprint density at radius 2 is 1.93 bits per heavy atom. The fourth-order valence-corrected chi connectivity index (χ4v) is 2.57. The van der Waals surface area contributed by atoms with E-state index in [1.165, 1.54) is 0 Å². The van der Waals surface area contributed by atoms with Gasteiger partial charge in [0.1, 0.15) is 17.8 Å². The van der Waals surface area contributed by atoms with Crippen LogP contribution in [0.5, 0.6) is 0 Å². The van der Waals surface area contributed by atoms with Gasteiger partial charge >= 0.3 is 0 Å². The molecule has 5 atom stereocenters. The van der Waals surface area contributed by atoms with E-state index in [4.69, 9.17) is 18.9 Å². The fourth-order valence-electron chi connectivity index (χ4n) is 2.57. The van der Waals surface area contributed by atoms with E-state index in [2.05, 4.69) is 0 Å². The average Bonchev–Trinajstić information content (AvgIpc) is 2.53. The molecule has 5 nitrogen and oxygen atoms in total. The Labute approximate surface area is 88.3 Å². The first-order valence-electron chi connectivity index (χ1n) is 5.23. The number of rotatable bonds is 1. The fraction of sp³-hybridized carbons (Fsp3) is 1.00. The average molecular weight is 216 g/mol. The lowest BCUT2D eigenvalue weighted by molar-refractivity contribution is -0.236. The Morgan fingerprint density at radius 3 is 2.47 bits per heavy atom. The van der Waals surface area contributed by atoms with Crippen LogP contribution in [0.3, 0.4) is 0 Å². The number of methoxy groups -OCH3 is 1. The first-order valence-corrected chi connectivity index (χ1v) is 5.23. The summed E-state index contributed by atoms with van der Waals surface area (Å²) in [7, 11) is 1.57. The quantitative estimate of drug-likeness (QED) is 0.669. The molecule has 2 unspecified atom stereocenters. The molecule has 0 aromatic heterocycles. The Morgan fingerprint density at radius 1 is 1.27 bits per heavy atom. The summed E-state index contributed by atoms with van der Waals surface area (Å²) in [6, 6.07) is 0. The highest BCUT2D eigenvalue weighted by Gasteiger charge is 2.73. The van der Waals surface area contributed by atoms with Gasteiger partial charge in [-0.3, -0.25) is 0 Å². The normalized spacial score (nSPS) is 56.0. The molecule has 3 fully saturated rings. The lowest BCUT2D eigenvalue weighted by Crippen LogP contribution is -2.34. The van der Waals surface area contributed by atoms with Crippen molar-refractivity contribution >= 4 is 0 Å². The highest BCUT2D eigenvalue weighted by atomic mass is 16.8. The number of aliphatic hydroxyl groups excluding tert-OH is 1. The molecule has 1 aliphatic carbocycles. The van der Waals surface area contributed by atoms with Gasteiger partial charge in [0.05, 0.1) is 6.10 Å². The number of hydrogen-bond donors (Lipinski definition) is 1. The third kappa shape index (κ3) is 1.21. The molecule has 0 radical (unpaired) electrons. The molecule has 3 aliphatic rings. The maximum absolute atomic E-state index is 9.63. The molecule has 1 N–H and O–H groups in total. The second kappa shape index (κ2) is 2.73. The lowest BCUT2D eigenvalue weighted by Gasteiger charge is -2.23. The summed E-state index contributed by atoms with van der Waals surface area (Å²) in [6.07, 6.45) is -0.737. The Balaban J connectivity index is 1.88. The number of hydrogen-bond acceptors (Lipinski definition) is 5. The van der Waals surface area contributed by atoms with Gasteiger partial charge in [-0.15, -0.1) is 0 Å². The topological polar surface area (TPSA) is 57.2 Å². The number of ether oxygens (including phenoxy) is 4. The molecule has 86 valence electrons. The van der Waals surface area contributed by atoms with Crippen LogP contribution in [0.4, 0.5) is 0 Å². The van der Waals surface area contributed by atoms with Crippen molar-refractivity contribution < 1.29 is 24.1 Å². The van der Waals surface area contributed by atoms with Crippen LogP contribution in [0.15, 0.2) is 0 Å². The first kappa shape index (κ1) is 9.99. The van der Waals surface area contributed by atoms with Gasteiger partial charge in [0.15, 0.2) is 12.1 Å². The summed E-state index contributed by atoms with van der Waals surface area (Å²) in [5.74, 6) is -0.620. The van der Waals surface area contributed by atoms with Crippen molar-refractivity contribution in [1.82, 2.24) is 0 Å². The van der Waals surface area contributed by atoms with E-state index in [1.54, 1.807) is 7.11 Å². The third-order valence-corrected chi connectivity index (χ3v) is 3.36. The highest BCUT2D eigenvalue weighted by Crippen LogP contribution is 2.56. The summed E-state index contributed by atoms with van der Waals surface area (Å²) < 4.78 is 22.3. The SMILES string of the molecule is COC1O[C@]2(C[C@@H]2O)C2OC(C)(C)O[C@H]12. The molecule has 1 spiro atoms. The molecular formula is C10H16O5. The maximum atomic E-state index is 9.63. The van der Waals surface area contributed by atoms with E-state index in [9.17, 15) is 5.11 Å². The molecule has 0 amide bonds. The van der Waals surface area contributed by atoms with Crippen molar-refractivity contribution in [2.45, 2.75) is 56.3 Å². The van der Waals surface area contributed by atoms with Gasteiger partial charge in [-0.2, -0.15) is 0 Å². The molecule has 1 saturated carbocycles. The van der Waals surface area contributed by atoms with Crippen LogP contribution in [-0.4, -0.2) is 48.2 Å². The second-order valence-electron chi connectivity index (χ2n) is 4.92. The van der Waals surface area contributed by atoms with Crippen molar-refractivity contribution in [3.63, 3.8) is 0 Å². The van der Waals surface area contributed by atoms with E-state index < -0.39 is 23.8 Å². The van der Waals surface area contributed by atoms with E-state index in [0.717, 1.165) is 0 Å². The molecule has 0 aromatic carbocycles. The highest BCUT2D eigenvalue weighted by molar-refractivity contribution is 5.19. The minimum atomic E-state index is -0.620. The van der Waals surface area contributed by atoms with Crippen LogP contribution in [0.25, 0.3) is 0 Å². The summed E-state index contributed by atoms with van der Waals surface area (Å²) in [6.45, 7) is 3.72. The molecule has 2 heterocycles. The molecule has 0 aromatic rings. The van der Waals surface area contributed by atoms with Crippen molar-refractivity contribution in [2.75, 3.05) is 7.11 Å². The van der Waals surface area contributed by atoms with Crippen molar-refractivity contribution in [2.24, 2.45) is 0 Å². The number of fused-ring (bicyclic) bond motifs is 2. The third-order valence-electron chi connectivity index (χ3n) is 3.36. The van der Waals surface area contributed by atoms with Gasteiger partial charge in [0.2, 0.25) is 0 Å². The first-order chi connectivity index (χ1) is 6.98. The summed E-state index contributed by atoms with van der Waals surface area (Å²) >= 11 is 0. The van der Waals surface area contributed by atoms with E-state index in [-0.39, 0.29) is 12.2 Å². The molecule has 2 saturated heterocycles. The molecule has 15 heavy (non-hydrogen) atoms. The second-order valence-corrected chi connectivity index (χ2v) is 4.92. The number of aliphatic hydroxyl groups is 1. The molecule has 3 rings (SSSR count). The largest absolute Gasteiger partial charge is 0.390 e. The Kier molecular flexibility index (Phi) is 1.81. The maximum Gasteiger partial charge on any atom is 0.187 e. The predicted octanol–water partition coefficient (Wildman–Crippen LogP) is 0.0126. The molecule has 5 heteroatoms. The van der Waals surface area contributed by atoms with E-state index in [0.29, 0.717) is 6.42 Å². The molecule has 2 aliphatic heterocycles. The van der Waals surface area contributed by atoms with Gasteiger partial charge < -0.3 is 24.1 Å². The van der Waals surface area contributed by atoms with Gasteiger partial charge in [0, 0.05) is 13.5 Å². The van der Waals surface area contributed by atoms with E-state index >= 15 is 0 Å².